The molecule has 2 amide bonds. The van der Waals surface area contributed by atoms with E-state index in [2.05, 4.69) is 0 Å². The molecular formula is C19H28N4O9S. The number of phenolic OH excluding ortho intramolecular Hbond substituents is 1. The molecule has 7 N–H and O–H groups in total. The van der Waals surface area contributed by atoms with Gasteiger partial charge in [-0.2, -0.15) is 8.42 Å². The first-order valence-corrected chi connectivity index (χ1v) is 11.5. The molecule has 0 aromatic heterocycles. The number of hydrogen-bond donors (Lipinski definition) is 5. The maximum atomic E-state index is 12.8. The highest BCUT2D eigenvalue weighted by Gasteiger charge is 2.42. The Labute approximate surface area is 190 Å². The Hall–Kier alpha value is -2.94. The van der Waals surface area contributed by atoms with Gasteiger partial charge < -0.3 is 31.3 Å². The first kappa shape index (κ1) is 26.3. The van der Waals surface area contributed by atoms with E-state index in [0.717, 1.165) is 11.0 Å². The Morgan fingerprint density at radius 1 is 1.30 bits per heavy atom. The zero-order valence-electron chi connectivity index (χ0n) is 18.0. The molecule has 2 rings (SSSR count). The molecule has 33 heavy (non-hydrogen) atoms. The predicted octanol–water partition coefficient (Wildman–Crippen LogP) is -1.10. The molecule has 1 heterocycles. The molecule has 3 atom stereocenters. The van der Waals surface area contributed by atoms with E-state index in [9.17, 15) is 33.0 Å². The van der Waals surface area contributed by atoms with Crippen molar-refractivity contribution in [2.24, 2.45) is 11.5 Å². The van der Waals surface area contributed by atoms with Gasteiger partial charge in [0, 0.05) is 18.5 Å². The average molecular weight is 489 g/mol. The van der Waals surface area contributed by atoms with Crippen LogP contribution in [-0.2, 0) is 24.1 Å². The molecule has 1 aromatic carbocycles. The number of nitrogens with one attached hydrogen (secondary N) is 1. The maximum Gasteiger partial charge on any atom is 0.362 e. The second-order valence-corrected chi connectivity index (χ2v) is 8.77. The van der Waals surface area contributed by atoms with E-state index in [4.69, 9.17) is 20.4 Å². The third kappa shape index (κ3) is 7.02. The number of likely N-dealkylation sites (tertiary alicyclic amines) is 1. The summed E-state index contributed by atoms with van der Waals surface area (Å²) >= 11 is 0. The minimum atomic E-state index is -4.61. The Bertz CT molecular complexity index is 985. The molecule has 0 radical (unpaired) electrons. The number of ether oxygens (including phenoxy) is 1. The number of carboxylic acids is 1. The first-order valence-electron chi connectivity index (χ1n) is 10.1. The van der Waals surface area contributed by atoms with E-state index in [1.807, 2.05) is 0 Å². The fraction of sp³-hybridized carbons (Fsp3) is 0.526. The van der Waals surface area contributed by atoms with Gasteiger partial charge in [-0.1, -0.05) is 6.42 Å². The fourth-order valence-corrected chi connectivity index (χ4v) is 4.30. The van der Waals surface area contributed by atoms with Crippen LogP contribution in [0.2, 0.25) is 0 Å². The van der Waals surface area contributed by atoms with Crippen LogP contribution in [0.3, 0.4) is 0 Å². The van der Waals surface area contributed by atoms with Crippen LogP contribution in [0.1, 0.15) is 36.0 Å². The number of nitrogens with two attached hydrogens (primary N) is 2. The fourth-order valence-electron chi connectivity index (χ4n) is 3.36. The molecule has 184 valence electrons. The number of hydrogen-bond acceptors (Lipinski definition) is 10. The largest absolute Gasteiger partial charge is 0.504 e. The zero-order valence-corrected chi connectivity index (χ0v) is 18.8. The van der Waals surface area contributed by atoms with Gasteiger partial charge in [0.25, 0.3) is 11.8 Å². The molecule has 1 aliphatic rings. The van der Waals surface area contributed by atoms with Crippen molar-refractivity contribution in [3.63, 3.8) is 0 Å². The Kier molecular flexibility index (Phi) is 8.99. The highest BCUT2D eigenvalue weighted by atomic mass is 32.2. The number of methoxy groups -OCH3 is 1. The van der Waals surface area contributed by atoms with Crippen LogP contribution >= 0.6 is 0 Å². The summed E-state index contributed by atoms with van der Waals surface area (Å²) in [6.45, 7) is 0.0355. The second kappa shape index (κ2) is 11.3. The number of benzene rings is 1. The molecule has 1 saturated heterocycles. The van der Waals surface area contributed by atoms with Crippen molar-refractivity contribution in [2.45, 2.75) is 43.9 Å². The van der Waals surface area contributed by atoms with E-state index in [0.29, 0.717) is 19.4 Å². The molecular weight excluding hydrogens is 460 g/mol. The molecule has 13 nitrogen and oxygen atoms in total. The summed E-state index contributed by atoms with van der Waals surface area (Å²) in [7, 11) is -3.29. The van der Waals surface area contributed by atoms with Crippen LogP contribution in [-0.4, -0.2) is 79.7 Å². The minimum absolute atomic E-state index is 0.0280. The van der Waals surface area contributed by atoms with Crippen molar-refractivity contribution in [1.82, 2.24) is 9.62 Å². The van der Waals surface area contributed by atoms with Crippen LogP contribution in [0.15, 0.2) is 18.2 Å². The Morgan fingerprint density at radius 2 is 2.00 bits per heavy atom. The molecule has 0 unspecified atom stereocenters. The summed E-state index contributed by atoms with van der Waals surface area (Å²) in [6, 6.07) is 1.30. The van der Waals surface area contributed by atoms with Crippen molar-refractivity contribution in [2.75, 3.05) is 20.2 Å². The van der Waals surface area contributed by atoms with E-state index in [1.165, 1.54) is 19.2 Å². The lowest BCUT2D eigenvalue weighted by molar-refractivity contribution is -0.141. The summed E-state index contributed by atoms with van der Waals surface area (Å²) in [5.74, 6) is -3.30. The summed E-state index contributed by atoms with van der Waals surface area (Å²) in [5.41, 5.74) is 11.0. The van der Waals surface area contributed by atoms with Crippen LogP contribution in [0.5, 0.6) is 11.5 Å². The molecule has 1 fully saturated rings. The number of aliphatic carboxylic acids is 1. The molecule has 14 heteroatoms. The van der Waals surface area contributed by atoms with Gasteiger partial charge in [0.1, 0.15) is 6.04 Å². The van der Waals surface area contributed by atoms with E-state index in [-0.39, 0.29) is 36.4 Å². The number of unbranched alkanes of at least 4 members (excludes halogenated alkanes) is 1. The molecule has 1 aromatic rings. The number of carboxylic acid groups (broad SMARTS) is 1. The van der Waals surface area contributed by atoms with Crippen LogP contribution in [0.25, 0.3) is 0 Å². The number of phenols is 1. The highest BCUT2D eigenvalue weighted by Crippen LogP contribution is 2.29. The van der Waals surface area contributed by atoms with Crippen molar-refractivity contribution < 1.29 is 41.9 Å². The molecule has 1 aliphatic heterocycles. The number of aromatic hydroxyl groups is 1. The lowest BCUT2D eigenvalue weighted by Gasteiger charge is -2.21. The average Bonchev–Trinajstić information content (AvgIpc) is 3.16. The summed E-state index contributed by atoms with van der Waals surface area (Å²) in [5, 5.41) is 19.4. The molecule has 0 aliphatic carbocycles. The third-order valence-corrected chi connectivity index (χ3v) is 6.01. The van der Waals surface area contributed by atoms with Gasteiger partial charge in [-0.25, -0.2) is 13.7 Å². The molecule has 0 bridgehead atoms. The number of rotatable bonds is 11. The quantitative estimate of drug-likeness (QED) is 0.236. The van der Waals surface area contributed by atoms with E-state index < -0.39 is 46.3 Å². The number of carbonyl (C=O) groups is 3. The van der Waals surface area contributed by atoms with Crippen molar-refractivity contribution in [3.05, 3.63) is 23.8 Å². The van der Waals surface area contributed by atoms with E-state index in [1.54, 1.807) is 4.72 Å². The van der Waals surface area contributed by atoms with Gasteiger partial charge >= 0.3 is 16.3 Å². The standard InChI is InChI=1S/C19H28N4O9S/c1-31-16-6-5-11(8-15(16)24)18(26)23-10-12(9-14(23)19(27)28)32-33(29,30)22-17(25)13(21)4-2-3-7-20/h5-6,8,12-14,24H,2-4,7,9-10,20-21H2,1H3,(H,22,25)(H,27,28)/t12-,13+,14+/m1/s1. The zero-order chi connectivity index (χ0) is 24.8. The van der Waals surface area contributed by atoms with Crippen molar-refractivity contribution in [1.29, 1.82) is 0 Å². The first-order chi connectivity index (χ1) is 15.5. The van der Waals surface area contributed by atoms with Gasteiger partial charge in [0.2, 0.25) is 0 Å². The van der Waals surface area contributed by atoms with Crippen molar-refractivity contribution >= 4 is 28.1 Å². The number of amides is 2. The van der Waals surface area contributed by atoms with Gasteiger partial charge in [0.15, 0.2) is 11.5 Å². The number of nitrogens with zero attached hydrogens (tertiary/aromatic N) is 1. The lowest BCUT2D eigenvalue weighted by Crippen LogP contribution is -2.45. The third-order valence-electron chi connectivity index (χ3n) is 5.03. The Morgan fingerprint density at radius 3 is 2.58 bits per heavy atom. The summed E-state index contributed by atoms with van der Waals surface area (Å²) in [6.07, 6.45) is -0.173. The minimum Gasteiger partial charge on any atom is -0.504 e. The van der Waals surface area contributed by atoms with Gasteiger partial charge in [0.05, 0.1) is 19.3 Å². The number of carbonyl (C=O) groups excluding carboxylic acids is 2. The topological polar surface area (TPSA) is 212 Å². The van der Waals surface area contributed by atoms with Crippen LogP contribution in [0, 0.1) is 0 Å². The highest BCUT2D eigenvalue weighted by molar-refractivity contribution is 7.85. The predicted molar refractivity (Wildman–Crippen MR) is 115 cm³/mol. The normalized spacial score (nSPS) is 19.2. The van der Waals surface area contributed by atoms with E-state index >= 15 is 0 Å². The van der Waals surface area contributed by atoms with Crippen LogP contribution in [0.4, 0.5) is 0 Å². The van der Waals surface area contributed by atoms with Crippen molar-refractivity contribution in [3.8, 4) is 11.5 Å². The molecule has 0 spiro atoms. The maximum absolute atomic E-state index is 12.8. The van der Waals surface area contributed by atoms with Gasteiger partial charge in [-0.15, -0.1) is 0 Å². The summed E-state index contributed by atoms with van der Waals surface area (Å²) < 4.78 is 36.0. The van der Waals surface area contributed by atoms with Crippen LogP contribution < -0.4 is 20.9 Å². The monoisotopic (exact) mass is 488 g/mol. The molecule has 0 saturated carbocycles. The van der Waals surface area contributed by atoms with Gasteiger partial charge in [-0.05, 0) is 37.6 Å². The summed E-state index contributed by atoms with van der Waals surface area (Å²) in [4.78, 5) is 37.4. The smallest absolute Gasteiger partial charge is 0.362 e. The second-order valence-electron chi connectivity index (χ2n) is 7.46. The van der Waals surface area contributed by atoms with Gasteiger partial charge in [-0.3, -0.25) is 9.59 Å². The lowest BCUT2D eigenvalue weighted by atomic mass is 10.1. The SMILES string of the molecule is COc1ccc(C(=O)N2C[C@H](OS(=O)(=O)NC(=O)[C@@H](N)CCCCN)C[C@H]2C(=O)O)cc1O. The Balaban J connectivity index is 2.07.